The van der Waals surface area contributed by atoms with Crippen LogP contribution in [-0.2, 0) is 0 Å². The van der Waals surface area contributed by atoms with Crippen molar-refractivity contribution in [3.05, 3.63) is 72.3 Å². The Labute approximate surface area is 157 Å². The number of piperazine rings is 1. The summed E-state index contributed by atoms with van der Waals surface area (Å²) in [6, 6.07) is 9.41. The normalized spacial score (nSPS) is 14.0. The van der Waals surface area contributed by atoms with Gasteiger partial charge in [0.2, 0.25) is 0 Å². The molecule has 1 fully saturated rings. The van der Waals surface area contributed by atoms with E-state index in [4.69, 9.17) is 0 Å². The zero-order valence-corrected chi connectivity index (χ0v) is 14.9. The number of halogens is 1. The zero-order chi connectivity index (χ0) is 19.2. The molecule has 140 valence electrons. The van der Waals surface area contributed by atoms with E-state index in [-0.39, 0.29) is 23.3 Å². The maximum Gasteiger partial charge on any atom is 0.272 e. The molecule has 3 rings (SSSR count). The Balaban J connectivity index is 1.63. The number of carbonyl (C=O) groups is 2. The maximum atomic E-state index is 13.1. The smallest absolute Gasteiger partial charge is 0.272 e. The zero-order valence-electron chi connectivity index (χ0n) is 14.9. The highest BCUT2D eigenvalue weighted by Gasteiger charge is 2.23. The first kappa shape index (κ1) is 18.6. The van der Waals surface area contributed by atoms with Crippen LogP contribution in [0.25, 0.3) is 0 Å². The lowest BCUT2D eigenvalue weighted by Crippen LogP contribution is -2.49. The van der Waals surface area contributed by atoms with Gasteiger partial charge in [-0.2, -0.15) is 0 Å². The molecule has 1 saturated heterocycles. The highest BCUT2D eigenvalue weighted by molar-refractivity contribution is 5.98. The van der Waals surface area contributed by atoms with E-state index in [0.717, 1.165) is 5.69 Å². The molecule has 2 heterocycles. The average molecular weight is 368 g/mol. The van der Waals surface area contributed by atoms with Crippen molar-refractivity contribution in [2.45, 2.75) is 0 Å². The van der Waals surface area contributed by atoms with Gasteiger partial charge in [0.05, 0.1) is 0 Å². The Bertz CT molecular complexity index is 830. The quantitative estimate of drug-likeness (QED) is 0.821. The van der Waals surface area contributed by atoms with Gasteiger partial charge >= 0.3 is 0 Å². The molecule has 1 aliphatic rings. The van der Waals surface area contributed by atoms with Crippen LogP contribution >= 0.6 is 0 Å². The molecule has 6 nitrogen and oxygen atoms in total. The van der Waals surface area contributed by atoms with Gasteiger partial charge in [-0.15, -0.1) is 6.58 Å². The molecule has 27 heavy (non-hydrogen) atoms. The fourth-order valence-electron chi connectivity index (χ4n) is 2.94. The minimum absolute atomic E-state index is 0.202. The van der Waals surface area contributed by atoms with Crippen molar-refractivity contribution < 1.29 is 14.0 Å². The minimum atomic E-state index is -0.271. The summed E-state index contributed by atoms with van der Waals surface area (Å²) in [6.45, 7) is 6.28. The Kier molecular flexibility index (Phi) is 5.80. The summed E-state index contributed by atoms with van der Waals surface area (Å²) in [5, 5.41) is 2.68. The van der Waals surface area contributed by atoms with E-state index in [0.29, 0.717) is 38.3 Å². The monoisotopic (exact) mass is 368 g/mol. The molecule has 0 radical (unpaired) electrons. The van der Waals surface area contributed by atoms with Crippen molar-refractivity contribution in [3.8, 4) is 0 Å². The SMILES string of the molecule is C=CCNC(=O)c1ccnc(C(=O)N2CCN(c3ccc(F)cc3)CC2)c1. The molecule has 0 saturated carbocycles. The molecule has 0 spiro atoms. The molecule has 2 amide bonds. The van der Waals surface area contributed by atoms with Crippen LogP contribution in [0.3, 0.4) is 0 Å². The van der Waals surface area contributed by atoms with Crippen molar-refractivity contribution in [3.63, 3.8) is 0 Å². The van der Waals surface area contributed by atoms with Crippen LogP contribution < -0.4 is 10.2 Å². The highest BCUT2D eigenvalue weighted by atomic mass is 19.1. The molecule has 0 unspecified atom stereocenters. The first-order valence-electron chi connectivity index (χ1n) is 8.73. The molecule has 0 aliphatic carbocycles. The van der Waals surface area contributed by atoms with E-state index in [9.17, 15) is 14.0 Å². The number of nitrogens with zero attached hydrogens (tertiary/aromatic N) is 3. The van der Waals surface area contributed by atoms with Gasteiger partial charge in [0.25, 0.3) is 11.8 Å². The third-order valence-corrected chi connectivity index (χ3v) is 4.41. The van der Waals surface area contributed by atoms with Crippen molar-refractivity contribution in [2.75, 3.05) is 37.6 Å². The lowest BCUT2D eigenvalue weighted by molar-refractivity contribution is 0.0741. The van der Waals surface area contributed by atoms with Crippen LogP contribution in [0.5, 0.6) is 0 Å². The number of nitrogens with one attached hydrogen (secondary N) is 1. The first-order valence-corrected chi connectivity index (χ1v) is 8.73. The lowest BCUT2D eigenvalue weighted by Gasteiger charge is -2.36. The number of anilines is 1. The van der Waals surface area contributed by atoms with Crippen LogP contribution in [0.4, 0.5) is 10.1 Å². The molecule has 0 atom stereocenters. The summed E-state index contributed by atoms with van der Waals surface area (Å²) in [4.78, 5) is 32.7. The van der Waals surface area contributed by atoms with Gasteiger partial charge in [-0.05, 0) is 36.4 Å². The molecule has 1 N–H and O–H groups in total. The Morgan fingerprint density at radius 1 is 1.15 bits per heavy atom. The van der Waals surface area contributed by atoms with E-state index in [1.54, 1.807) is 29.2 Å². The second-order valence-corrected chi connectivity index (χ2v) is 6.18. The predicted molar refractivity (Wildman–Crippen MR) is 101 cm³/mol. The Morgan fingerprint density at radius 3 is 2.52 bits per heavy atom. The van der Waals surface area contributed by atoms with Gasteiger partial charge in [-0.3, -0.25) is 14.6 Å². The van der Waals surface area contributed by atoms with Crippen LogP contribution in [0.2, 0.25) is 0 Å². The minimum Gasteiger partial charge on any atom is -0.368 e. The van der Waals surface area contributed by atoms with Crippen LogP contribution in [0.1, 0.15) is 20.8 Å². The van der Waals surface area contributed by atoms with Crippen molar-refractivity contribution >= 4 is 17.5 Å². The number of aromatic nitrogens is 1. The number of carbonyl (C=O) groups excluding carboxylic acids is 2. The maximum absolute atomic E-state index is 13.1. The molecule has 0 bridgehead atoms. The third-order valence-electron chi connectivity index (χ3n) is 4.41. The van der Waals surface area contributed by atoms with Crippen molar-refractivity contribution in [1.29, 1.82) is 0 Å². The number of rotatable bonds is 5. The molecule has 2 aromatic rings. The molecule has 7 heteroatoms. The number of pyridine rings is 1. The van der Waals surface area contributed by atoms with Crippen LogP contribution in [0.15, 0.2) is 55.3 Å². The summed E-state index contributed by atoms with van der Waals surface area (Å²) < 4.78 is 13.1. The third kappa shape index (κ3) is 4.49. The molecular formula is C20H21FN4O2. The molecular weight excluding hydrogens is 347 g/mol. The van der Waals surface area contributed by atoms with Gasteiger partial charge in [-0.25, -0.2) is 4.39 Å². The Morgan fingerprint density at radius 2 is 1.85 bits per heavy atom. The number of hydrogen-bond donors (Lipinski definition) is 1. The molecule has 1 aromatic heterocycles. The molecule has 1 aliphatic heterocycles. The first-order chi connectivity index (χ1) is 13.1. The summed E-state index contributed by atoms with van der Waals surface area (Å²) in [6.07, 6.45) is 3.05. The predicted octanol–water partition coefficient (Wildman–Crippen LogP) is 2.10. The fraction of sp³-hybridized carbons (Fsp3) is 0.250. The van der Waals surface area contributed by atoms with Crippen molar-refractivity contribution in [2.24, 2.45) is 0 Å². The van der Waals surface area contributed by atoms with Crippen molar-refractivity contribution in [1.82, 2.24) is 15.2 Å². The lowest BCUT2D eigenvalue weighted by atomic mass is 10.2. The van der Waals surface area contributed by atoms with E-state index in [1.807, 2.05) is 0 Å². The van der Waals surface area contributed by atoms with E-state index in [1.165, 1.54) is 24.4 Å². The van der Waals surface area contributed by atoms with Gasteiger partial charge in [0.1, 0.15) is 11.5 Å². The summed E-state index contributed by atoms with van der Waals surface area (Å²) in [7, 11) is 0. The summed E-state index contributed by atoms with van der Waals surface area (Å²) in [5.41, 5.74) is 1.57. The van der Waals surface area contributed by atoms with E-state index < -0.39 is 0 Å². The van der Waals surface area contributed by atoms with E-state index >= 15 is 0 Å². The second-order valence-electron chi connectivity index (χ2n) is 6.18. The largest absolute Gasteiger partial charge is 0.368 e. The van der Waals surface area contributed by atoms with Crippen LogP contribution in [-0.4, -0.2) is 54.4 Å². The topological polar surface area (TPSA) is 65.5 Å². The fourth-order valence-corrected chi connectivity index (χ4v) is 2.94. The average Bonchev–Trinajstić information content (AvgIpc) is 2.72. The second kappa shape index (κ2) is 8.44. The molecule has 1 aromatic carbocycles. The highest BCUT2D eigenvalue weighted by Crippen LogP contribution is 2.18. The number of amides is 2. The Hall–Kier alpha value is -3.22. The number of benzene rings is 1. The summed E-state index contributed by atoms with van der Waals surface area (Å²) in [5.74, 6) is -0.741. The standard InChI is InChI=1S/C20H21FN4O2/c1-2-8-23-19(26)15-7-9-22-18(14-15)20(27)25-12-10-24(11-13-25)17-5-3-16(21)4-6-17/h2-7,9,14H,1,8,10-13H2,(H,23,26). The number of hydrogen-bond acceptors (Lipinski definition) is 4. The summed E-state index contributed by atoms with van der Waals surface area (Å²) >= 11 is 0. The van der Waals surface area contributed by atoms with Crippen LogP contribution in [0, 0.1) is 5.82 Å². The van der Waals surface area contributed by atoms with Gasteiger partial charge in [0, 0.05) is 50.2 Å². The van der Waals surface area contributed by atoms with Gasteiger partial charge in [-0.1, -0.05) is 6.08 Å². The van der Waals surface area contributed by atoms with Gasteiger partial charge < -0.3 is 15.1 Å². The van der Waals surface area contributed by atoms with E-state index in [2.05, 4.69) is 21.8 Å². The van der Waals surface area contributed by atoms with Gasteiger partial charge in [0.15, 0.2) is 0 Å².